The van der Waals surface area contributed by atoms with E-state index in [1.54, 1.807) is 18.4 Å². The van der Waals surface area contributed by atoms with Crippen molar-refractivity contribution in [3.63, 3.8) is 0 Å². The number of aromatic nitrogens is 1. The summed E-state index contributed by atoms with van der Waals surface area (Å²) in [6.07, 6.45) is 2.46. The molecule has 1 fully saturated rings. The molecule has 1 aliphatic rings. The van der Waals surface area contributed by atoms with E-state index in [9.17, 15) is 0 Å². The fourth-order valence-corrected chi connectivity index (χ4v) is 3.36. The van der Waals surface area contributed by atoms with Crippen molar-refractivity contribution >= 4 is 22.9 Å². The summed E-state index contributed by atoms with van der Waals surface area (Å²) in [4.78, 5) is 5.96. The van der Waals surface area contributed by atoms with Crippen LogP contribution in [0.25, 0.3) is 10.6 Å². The van der Waals surface area contributed by atoms with Crippen molar-refractivity contribution in [2.75, 3.05) is 7.11 Å². The van der Waals surface area contributed by atoms with Crippen molar-refractivity contribution < 1.29 is 4.74 Å². The van der Waals surface area contributed by atoms with Crippen molar-refractivity contribution in [1.82, 2.24) is 4.98 Å². The summed E-state index contributed by atoms with van der Waals surface area (Å²) in [6, 6.07) is 5.63. The molecule has 0 radical (unpaired) electrons. The first-order chi connectivity index (χ1) is 9.22. The molecule has 19 heavy (non-hydrogen) atoms. The van der Waals surface area contributed by atoms with Crippen LogP contribution < -0.4 is 10.5 Å². The maximum Gasteiger partial charge on any atom is 0.130 e. The molecule has 1 aliphatic carbocycles. The Morgan fingerprint density at radius 2 is 2.26 bits per heavy atom. The van der Waals surface area contributed by atoms with Gasteiger partial charge in [0.25, 0.3) is 0 Å². The third kappa shape index (κ3) is 2.48. The summed E-state index contributed by atoms with van der Waals surface area (Å²) in [6.45, 7) is 0.555. The topological polar surface area (TPSA) is 48.1 Å². The highest BCUT2D eigenvalue weighted by Gasteiger charge is 2.29. The minimum atomic E-state index is 0.555. The highest BCUT2D eigenvalue weighted by molar-refractivity contribution is 7.15. The molecule has 0 saturated heterocycles. The Kier molecular flexibility index (Phi) is 3.48. The molecule has 5 heteroatoms. The highest BCUT2D eigenvalue weighted by Crippen LogP contribution is 2.45. The summed E-state index contributed by atoms with van der Waals surface area (Å²) >= 11 is 7.65. The SMILES string of the molecule is COc1cc(Cl)ccc1-c1nc(C2CC2)c(CN)s1. The van der Waals surface area contributed by atoms with Gasteiger partial charge >= 0.3 is 0 Å². The Morgan fingerprint density at radius 3 is 2.89 bits per heavy atom. The zero-order valence-electron chi connectivity index (χ0n) is 10.6. The fourth-order valence-electron chi connectivity index (χ4n) is 2.14. The van der Waals surface area contributed by atoms with E-state index in [4.69, 9.17) is 27.1 Å². The fraction of sp³-hybridized carbons (Fsp3) is 0.357. The molecule has 100 valence electrons. The summed E-state index contributed by atoms with van der Waals surface area (Å²) < 4.78 is 5.39. The van der Waals surface area contributed by atoms with Gasteiger partial charge in [0.2, 0.25) is 0 Å². The lowest BCUT2D eigenvalue weighted by Gasteiger charge is -2.05. The average Bonchev–Trinajstić information content (AvgIpc) is 3.18. The molecule has 0 aliphatic heterocycles. The van der Waals surface area contributed by atoms with Crippen LogP contribution >= 0.6 is 22.9 Å². The molecule has 0 unspecified atom stereocenters. The standard InChI is InChI=1S/C14H15ClN2OS/c1-18-11-6-9(15)4-5-10(11)14-17-13(8-2-3-8)12(7-16)19-14/h4-6,8H,2-3,7,16H2,1H3. The molecule has 1 aromatic carbocycles. The van der Waals surface area contributed by atoms with Crippen LogP contribution in [0.5, 0.6) is 5.75 Å². The molecule has 1 aromatic heterocycles. The van der Waals surface area contributed by atoms with Crippen molar-refractivity contribution in [2.24, 2.45) is 5.73 Å². The molecule has 0 atom stereocenters. The Hall–Kier alpha value is -1.10. The Balaban J connectivity index is 2.06. The lowest BCUT2D eigenvalue weighted by Crippen LogP contribution is -1.96. The predicted octanol–water partition coefficient (Wildman–Crippen LogP) is 3.81. The monoisotopic (exact) mass is 294 g/mol. The van der Waals surface area contributed by atoms with E-state index in [1.165, 1.54) is 23.4 Å². The van der Waals surface area contributed by atoms with E-state index >= 15 is 0 Å². The second-order valence-corrected chi connectivity index (χ2v) is 6.17. The first-order valence-electron chi connectivity index (χ1n) is 6.26. The van der Waals surface area contributed by atoms with E-state index in [0.717, 1.165) is 16.3 Å². The van der Waals surface area contributed by atoms with Crippen molar-refractivity contribution in [1.29, 1.82) is 0 Å². The van der Waals surface area contributed by atoms with Crippen molar-refractivity contribution in [2.45, 2.75) is 25.3 Å². The van der Waals surface area contributed by atoms with E-state index in [-0.39, 0.29) is 0 Å². The van der Waals surface area contributed by atoms with E-state index in [1.807, 2.05) is 18.2 Å². The van der Waals surface area contributed by atoms with Gasteiger partial charge in [0.1, 0.15) is 10.8 Å². The molecule has 0 spiro atoms. The third-order valence-corrected chi connectivity index (χ3v) is 4.63. The van der Waals surface area contributed by atoms with Gasteiger partial charge in [-0.1, -0.05) is 11.6 Å². The molecule has 2 aromatic rings. The van der Waals surface area contributed by atoms with Gasteiger partial charge in [0.05, 0.1) is 18.4 Å². The number of halogens is 1. The maximum atomic E-state index is 5.99. The second kappa shape index (κ2) is 5.12. The average molecular weight is 295 g/mol. The van der Waals surface area contributed by atoms with Gasteiger partial charge in [0, 0.05) is 22.4 Å². The number of thiazole rings is 1. The minimum absolute atomic E-state index is 0.555. The normalized spacial score (nSPS) is 14.7. The van der Waals surface area contributed by atoms with Crippen LogP contribution in [-0.2, 0) is 6.54 Å². The highest BCUT2D eigenvalue weighted by atomic mass is 35.5. The predicted molar refractivity (Wildman–Crippen MR) is 79.0 cm³/mol. The van der Waals surface area contributed by atoms with E-state index in [0.29, 0.717) is 17.5 Å². The van der Waals surface area contributed by atoms with Crippen LogP contribution in [0.2, 0.25) is 5.02 Å². The first-order valence-corrected chi connectivity index (χ1v) is 7.46. The van der Waals surface area contributed by atoms with E-state index < -0.39 is 0 Å². The molecular weight excluding hydrogens is 280 g/mol. The summed E-state index contributed by atoms with van der Waals surface area (Å²) in [5, 5.41) is 1.63. The van der Waals surface area contributed by atoms with Crippen LogP contribution in [0.4, 0.5) is 0 Å². The number of hydrogen-bond acceptors (Lipinski definition) is 4. The van der Waals surface area contributed by atoms with Crippen molar-refractivity contribution in [3.05, 3.63) is 33.8 Å². The molecule has 0 amide bonds. The lowest BCUT2D eigenvalue weighted by molar-refractivity contribution is 0.416. The largest absolute Gasteiger partial charge is 0.496 e. The molecule has 1 saturated carbocycles. The second-order valence-electron chi connectivity index (χ2n) is 4.65. The molecule has 3 nitrogen and oxygen atoms in total. The van der Waals surface area contributed by atoms with Crippen LogP contribution in [0.15, 0.2) is 18.2 Å². The number of nitrogens with zero attached hydrogens (tertiary/aromatic N) is 1. The van der Waals surface area contributed by atoms with Gasteiger partial charge in [-0.2, -0.15) is 0 Å². The summed E-state index contributed by atoms with van der Waals surface area (Å²) in [7, 11) is 1.65. The van der Waals surface area contributed by atoms with Gasteiger partial charge in [-0.3, -0.25) is 0 Å². The summed E-state index contributed by atoms with van der Waals surface area (Å²) in [5.74, 6) is 1.37. The Bertz CT molecular complexity index is 607. The number of hydrogen-bond donors (Lipinski definition) is 1. The zero-order valence-corrected chi connectivity index (χ0v) is 12.2. The van der Waals surface area contributed by atoms with Gasteiger partial charge in [0.15, 0.2) is 0 Å². The van der Waals surface area contributed by atoms with Gasteiger partial charge in [-0.15, -0.1) is 11.3 Å². The Labute approximate surface area is 121 Å². The van der Waals surface area contributed by atoms with E-state index in [2.05, 4.69) is 0 Å². The lowest BCUT2D eigenvalue weighted by atomic mass is 10.2. The number of nitrogens with two attached hydrogens (primary N) is 1. The third-order valence-electron chi connectivity index (χ3n) is 3.27. The molecule has 0 bridgehead atoms. The minimum Gasteiger partial charge on any atom is -0.496 e. The molecule has 2 N–H and O–H groups in total. The smallest absolute Gasteiger partial charge is 0.130 e. The molecule has 3 rings (SSSR count). The first kappa shape index (κ1) is 12.9. The van der Waals surface area contributed by atoms with Gasteiger partial charge < -0.3 is 10.5 Å². The van der Waals surface area contributed by atoms with Crippen LogP contribution in [0.3, 0.4) is 0 Å². The van der Waals surface area contributed by atoms with Crippen molar-refractivity contribution in [3.8, 4) is 16.3 Å². The van der Waals surface area contributed by atoms with Gasteiger partial charge in [-0.05, 0) is 31.0 Å². The number of rotatable bonds is 4. The maximum absolute atomic E-state index is 5.99. The summed E-state index contributed by atoms with van der Waals surface area (Å²) in [5.41, 5.74) is 7.99. The Morgan fingerprint density at radius 1 is 1.47 bits per heavy atom. The molecular formula is C14H15ClN2OS. The van der Waals surface area contributed by atoms with Crippen LogP contribution in [0.1, 0.15) is 29.3 Å². The van der Waals surface area contributed by atoms with Crippen LogP contribution in [0, 0.1) is 0 Å². The number of benzene rings is 1. The van der Waals surface area contributed by atoms with Crippen LogP contribution in [-0.4, -0.2) is 12.1 Å². The number of methoxy groups -OCH3 is 1. The zero-order chi connectivity index (χ0) is 13.4. The molecule has 1 heterocycles. The number of ether oxygens (including phenoxy) is 1. The quantitative estimate of drug-likeness (QED) is 0.933. The van der Waals surface area contributed by atoms with Gasteiger partial charge in [-0.25, -0.2) is 4.98 Å².